The summed E-state index contributed by atoms with van der Waals surface area (Å²) in [5, 5.41) is 7.15. The Balaban J connectivity index is 1.37. The number of carbonyl (C=O) groups is 2. The summed E-state index contributed by atoms with van der Waals surface area (Å²) >= 11 is 1.32. The molecule has 0 saturated heterocycles. The van der Waals surface area contributed by atoms with Crippen molar-refractivity contribution in [3.63, 3.8) is 0 Å². The highest BCUT2D eigenvalue weighted by Crippen LogP contribution is 2.53. The summed E-state index contributed by atoms with van der Waals surface area (Å²) < 4.78 is 10.8. The van der Waals surface area contributed by atoms with Crippen LogP contribution < -0.4 is 15.8 Å². The van der Waals surface area contributed by atoms with Crippen molar-refractivity contribution in [1.29, 1.82) is 0 Å². The van der Waals surface area contributed by atoms with E-state index in [0.29, 0.717) is 16.7 Å². The van der Waals surface area contributed by atoms with Crippen LogP contribution in [0.5, 0.6) is 5.88 Å². The van der Waals surface area contributed by atoms with Gasteiger partial charge in [0.05, 0.1) is 0 Å². The van der Waals surface area contributed by atoms with Gasteiger partial charge in [0.25, 0.3) is 17.7 Å². The SMILES string of the molecule is NC(=O)COc1noc(C(=O)NC2C3CC4CC(C3)CC2C4)c1Sc1ccccc1. The Kier molecular flexibility index (Phi) is 5.18. The standard InChI is InChI=1S/C22H25N3O4S/c23-17(26)11-28-22-20(30-16-4-2-1-3-5-16)19(29-25-22)21(27)24-18-14-7-12-6-13(9-14)10-15(18)8-12/h1-5,12-15,18H,6-11H2,(H2,23,26)(H,24,27). The molecule has 6 rings (SSSR count). The first kappa shape index (κ1) is 19.5. The van der Waals surface area contributed by atoms with E-state index in [1.54, 1.807) is 0 Å². The van der Waals surface area contributed by atoms with E-state index in [4.69, 9.17) is 15.0 Å². The second-order valence-corrected chi connectivity index (χ2v) is 9.83. The fourth-order valence-corrected chi connectivity index (χ4v) is 6.65. The van der Waals surface area contributed by atoms with Crippen molar-refractivity contribution in [2.24, 2.45) is 29.4 Å². The van der Waals surface area contributed by atoms with Crippen molar-refractivity contribution in [2.75, 3.05) is 6.61 Å². The molecule has 4 aliphatic rings. The molecule has 0 aliphatic heterocycles. The maximum Gasteiger partial charge on any atom is 0.291 e. The molecule has 30 heavy (non-hydrogen) atoms. The lowest BCUT2D eigenvalue weighted by Gasteiger charge is -2.54. The summed E-state index contributed by atoms with van der Waals surface area (Å²) in [6, 6.07) is 9.79. The number of hydrogen-bond acceptors (Lipinski definition) is 6. The summed E-state index contributed by atoms with van der Waals surface area (Å²) in [5.74, 6) is 2.14. The van der Waals surface area contributed by atoms with Crippen LogP contribution in [0.15, 0.2) is 44.6 Å². The quantitative estimate of drug-likeness (QED) is 0.702. The zero-order valence-electron chi connectivity index (χ0n) is 16.6. The number of nitrogens with two attached hydrogens (primary N) is 1. The number of nitrogens with one attached hydrogen (secondary N) is 1. The van der Waals surface area contributed by atoms with E-state index < -0.39 is 5.91 Å². The fraction of sp³-hybridized carbons (Fsp3) is 0.500. The average molecular weight is 428 g/mol. The fourth-order valence-electron chi connectivity index (χ4n) is 5.72. The van der Waals surface area contributed by atoms with Crippen molar-refractivity contribution >= 4 is 23.6 Å². The van der Waals surface area contributed by atoms with Crippen LogP contribution in [-0.2, 0) is 4.79 Å². The van der Waals surface area contributed by atoms with Crippen LogP contribution in [0.25, 0.3) is 0 Å². The number of amides is 2. The van der Waals surface area contributed by atoms with E-state index in [1.807, 2.05) is 30.3 Å². The van der Waals surface area contributed by atoms with E-state index in [-0.39, 0.29) is 30.2 Å². The van der Waals surface area contributed by atoms with Crippen LogP contribution in [0, 0.1) is 23.7 Å². The van der Waals surface area contributed by atoms with Gasteiger partial charge in [-0.05, 0) is 73.1 Å². The van der Waals surface area contributed by atoms with Crippen LogP contribution in [0.4, 0.5) is 0 Å². The molecule has 1 aromatic heterocycles. The Morgan fingerprint density at radius 1 is 1.10 bits per heavy atom. The van der Waals surface area contributed by atoms with E-state index in [1.165, 1.54) is 43.9 Å². The maximum atomic E-state index is 13.2. The number of primary amides is 1. The van der Waals surface area contributed by atoms with Crippen molar-refractivity contribution in [2.45, 2.75) is 47.9 Å². The monoisotopic (exact) mass is 427 g/mol. The molecule has 0 atom stereocenters. The second kappa shape index (κ2) is 7.98. The lowest BCUT2D eigenvalue weighted by atomic mass is 9.54. The van der Waals surface area contributed by atoms with Crippen LogP contribution in [0.2, 0.25) is 0 Å². The molecule has 7 nitrogen and oxygen atoms in total. The lowest BCUT2D eigenvalue weighted by molar-refractivity contribution is -0.120. The first-order valence-electron chi connectivity index (χ1n) is 10.5. The largest absolute Gasteiger partial charge is 0.465 e. The molecule has 0 spiro atoms. The first-order chi connectivity index (χ1) is 14.6. The number of aromatic nitrogens is 1. The predicted octanol–water partition coefficient (Wildman–Crippen LogP) is 3.24. The van der Waals surface area contributed by atoms with E-state index >= 15 is 0 Å². The summed E-state index contributed by atoms with van der Waals surface area (Å²) in [4.78, 5) is 25.7. The van der Waals surface area contributed by atoms with E-state index in [9.17, 15) is 9.59 Å². The number of hydrogen-bond donors (Lipinski definition) is 2. The Morgan fingerprint density at radius 3 is 2.40 bits per heavy atom. The van der Waals surface area contributed by atoms with Gasteiger partial charge in [-0.3, -0.25) is 9.59 Å². The van der Waals surface area contributed by atoms with Gasteiger partial charge in [0.15, 0.2) is 6.61 Å². The Hall–Kier alpha value is -2.48. The minimum Gasteiger partial charge on any atom is -0.465 e. The van der Waals surface area contributed by atoms with Crippen molar-refractivity contribution in [3.8, 4) is 5.88 Å². The average Bonchev–Trinajstić information content (AvgIpc) is 3.12. The van der Waals surface area contributed by atoms with E-state index in [0.717, 1.165) is 16.7 Å². The Morgan fingerprint density at radius 2 is 1.77 bits per heavy atom. The smallest absolute Gasteiger partial charge is 0.291 e. The summed E-state index contributed by atoms with van der Waals surface area (Å²) in [6.07, 6.45) is 6.23. The van der Waals surface area contributed by atoms with Gasteiger partial charge in [-0.25, -0.2) is 0 Å². The van der Waals surface area contributed by atoms with Gasteiger partial charge in [0, 0.05) is 10.9 Å². The molecule has 1 aromatic carbocycles. The lowest BCUT2D eigenvalue weighted by Crippen LogP contribution is -2.55. The van der Waals surface area contributed by atoms with Gasteiger partial charge < -0.3 is 20.3 Å². The number of carbonyl (C=O) groups excluding carboxylic acids is 2. The third-order valence-corrected chi connectivity index (χ3v) is 7.74. The highest BCUT2D eigenvalue weighted by molar-refractivity contribution is 7.99. The summed E-state index contributed by atoms with van der Waals surface area (Å²) in [5.41, 5.74) is 5.19. The molecule has 158 valence electrons. The molecule has 8 heteroatoms. The van der Waals surface area contributed by atoms with Crippen LogP contribution in [0.3, 0.4) is 0 Å². The molecule has 0 unspecified atom stereocenters. The van der Waals surface area contributed by atoms with Gasteiger partial charge in [0.1, 0.15) is 4.90 Å². The Bertz CT molecular complexity index is 917. The zero-order chi connectivity index (χ0) is 20.7. The minimum absolute atomic E-state index is 0.109. The highest BCUT2D eigenvalue weighted by atomic mass is 32.2. The van der Waals surface area contributed by atoms with Crippen molar-refractivity contribution in [3.05, 3.63) is 36.1 Å². The van der Waals surface area contributed by atoms with Crippen LogP contribution in [-0.4, -0.2) is 29.6 Å². The van der Waals surface area contributed by atoms with Gasteiger partial charge in [-0.2, -0.15) is 0 Å². The van der Waals surface area contributed by atoms with Crippen molar-refractivity contribution in [1.82, 2.24) is 10.5 Å². The molecule has 2 amide bonds. The van der Waals surface area contributed by atoms with Gasteiger partial charge >= 0.3 is 0 Å². The summed E-state index contributed by atoms with van der Waals surface area (Å²) in [7, 11) is 0. The zero-order valence-corrected chi connectivity index (χ0v) is 17.4. The molecule has 1 heterocycles. The number of nitrogens with zero attached hydrogens (tertiary/aromatic N) is 1. The molecule has 2 aromatic rings. The highest BCUT2D eigenvalue weighted by Gasteiger charge is 2.49. The normalized spacial score (nSPS) is 29.0. The van der Waals surface area contributed by atoms with Crippen LogP contribution in [0.1, 0.15) is 42.7 Å². The molecule has 4 saturated carbocycles. The predicted molar refractivity (Wildman–Crippen MR) is 110 cm³/mol. The topological polar surface area (TPSA) is 107 Å². The van der Waals surface area contributed by atoms with Gasteiger partial charge in [0.2, 0.25) is 5.76 Å². The Labute approximate surface area is 179 Å². The first-order valence-corrected chi connectivity index (χ1v) is 11.3. The van der Waals surface area contributed by atoms with E-state index in [2.05, 4.69) is 10.5 Å². The molecular weight excluding hydrogens is 402 g/mol. The third kappa shape index (κ3) is 3.80. The third-order valence-electron chi connectivity index (χ3n) is 6.67. The molecule has 4 bridgehead atoms. The van der Waals surface area contributed by atoms with Gasteiger partial charge in [-0.15, -0.1) is 0 Å². The second-order valence-electron chi connectivity index (χ2n) is 8.75. The molecular formula is C22H25N3O4S. The molecule has 4 fully saturated rings. The minimum atomic E-state index is -0.617. The van der Waals surface area contributed by atoms with Crippen molar-refractivity contribution < 1.29 is 18.8 Å². The number of benzene rings is 1. The van der Waals surface area contributed by atoms with Crippen LogP contribution >= 0.6 is 11.8 Å². The molecule has 4 aliphatic carbocycles. The number of rotatable bonds is 7. The summed E-state index contributed by atoms with van der Waals surface area (Å²) in [6.45, 7) is -0.328. The number of ether oxygens (including phenoxy) is 1. The maximum absolute atomic E-state index is 13.2. The molecule has 3 N–H and O–H groups in total. The van der Waals surface area contributed by atoms with Gasteiger partial charge in [-0.1, -0.05) is 30.0 Å². The molecule has 0 radical (unpaired) electrons.